The first-order valence-electron chi connectivity index (χ1n) is 8.89. The Hall–Kier alpha value is -0.610. The lowest BCUT2D eigenvalue weighted by Gasteiger charge is -2.14. The van der Waals surface area contributed by atoms with Crippen LogP contribution >= 0.6 is 24.0 Å². The molecular weight excluding hydrogens is 435 g/mol. The van der Waals surface area contributed by atoms with E-state index in [4.69, 9.17) is 9.47 Å². The van der Waals surface area contributed by atoms with E-state index in [1.165, 1.54) is 0 Å². The Bertz CT molecular complexity index is 353. The number of amides is 1. The third-order valence-electron chi connectivity index (χ3n) is 3.15. The Morgan fingerprint density at radius 2 is 1.72 bits per heavy atom. The molecule has 0 aliphatic heterocycles. The summed E-state index contributed by atoms with van der Waals surface area (Å²) in [7, 11) is 3.46. The van der Waals surface area contributed by atoms with Gasteiger partial charge in [0.2, 0.25) is 5.91 Å². The highest BCUT2D eigenvalue weighted by molar-refractivity contribution is 14.0. The molecule has 0 atom stereocenters. The number of aliphatic imine (C=N–C) groups is 1. The van der Waals surface area contributed by atoms with Crippen LogP contribution in [0.2, 0.25) is 0 Å². The van der Waals surface area contributed by atoms with Crippen molar-refractivity contribution in [2.24, 2.45) is 4.99 Å². The second-order valence-electron chi connectivity index (χ2n) is 5.98. The molecule has 0 rings (SSSR count). The molecule has 0 aliphatic carbocycles. The number of carbonyl (C=O) groups is 1. The highest BCUT2D eigenvalue weighted by Gasteiger charge is 2.04. The van der Waals surface area contributed by atoms with Gasteiger partial charge in [0.15, 0.2) is 5.96 Å². The molecule has 0 aromatic rings. The summed E-state index contributed by atoms with van der Waals surface area (Å²) in [6.45, 7) is 9.99. The molecule has 25 heavy (non-hydrogen) atoms. The van der Waals surface area contributed by atoms with Crippen molar-refractivity contribution in [3.8, 4) is 0 Å². The summed E-state index contributed by atoms with van der Waals surface area (Å²) in [5.41, 5.74) is 0. The zero-order valence-corrected chi connectivity index (χ0v) is 18.8. The van der Waals surface area contributed by atoms with E-state index in [-0.39, 0.29) is 42.5 Å². The van der Waals surface area contributed by atoms with Gasteiger partial charge in [-0.15, -0.1) is 24.0 Å². The van der Waals surface area contributed by atoms with Gasteiger partial charge in [-0.25, -0.2) is 4.99 Å². The van der Waals surface area contributed by atoms with Crippen molar-refractivity contribution >= 4 is 35.8 Å². The molecule has 150 valence electrons. The molecule has 0 unspecified atom stereocenters. The fraction of sp³-hybridized carbons (Fsp3) is 0.882. The standard InChI is InChI=1S/C17H36N4O3.HI/c1-6-23-12-9-11-19-17(20-14-16(22)21(4)5)18-10-7-8-13-24-15(2)3;/h15H,6-14H2,1-5H3,(H2,18,19,20);1H. The van der Waals surface area contributed by atoms with E-state index in [9.17, 15) is 4.79 Å². The van der Waals surface area contributed by atoms with Gasteiger partial charge in [0.25, 0.3) is 0 Å². The lowest BCUT2D eigenvalue weighted by Crippen LogP contribution is -2.39. The number of hydrogen-bond donors (Lipinski definition) is 2. The van der Waals surface area contributed by atoms with Gasteiger partial charge in [0.1, 0.15) is 6.54 Å². The van der Waals surface area contributed by atoms with Crippen molar-refractivity contribution in [1.29, 1.82) is 0 Å². The summed E-state index contributed by atoms with van der Waals surface area (Å²) in [6, 6.07) is 0. The smallest absolute Gasteiger partial charge is 0.243 e. The van der Waals surface area contributed by atoms with E-state index in [0.29, 0.717) is 5.96 Å². The van der Waals surface area contributed by atoms with Gasteiger partial charge in [-0.2, -0.15) is 0 Å². The Labute approximate surface area is 170 Å². The molecule has 0 heterocycles. The second kappa shape index (κ2) is 18.2. The number of ether oxygens (including phenoxy) is 2. The van der Waals surface area contributed by atoms with Crippen molar-refractivity contribution in [1.82, 2.24) is 15.5 Å². The van der Waals surface area contributed by atoms with E-state index in [1.54, 1.807) is 19.0 Å². The summed E-state index contributed by atoms with van der Waals surface area (Å²) >= 11 is 0. The summed E-state index contributed by atoms with van der Waals surface area (Å²) in [4.78, 5) is 17.5. The van der Waals surface area contributed by atoms with Crippen LogP contribution in [-0.4, -0.2) is 76.4 Å². The quantitative estimate of drug-likeness (QED) is 0.185. The van der Waals surface area contributed by atoms with Crippen LogP contribution in [0, 0.1) is 0 Å². The average molecular weight is 472 g/mol. The zero-order valence-electron chi connectivity index (χ0n) is 16.5. The van der Waals surface area contributed by atoms with Crippen molar-refractivity contribution < 1.29 is 14.3 Å². The number of nitrogens with zero attached hydrogens (tertiary/aromatic N) is 2. The first-order chi connectivity index (χ1) is 11.5. The molecule has 1 amide bonds. The maximum Gasteiger partial charge on any atom is 0.243 e. The zero-order chi connectivity index (χ0) is 18.2. The van der Waals surface area contributed by atoms with Gasteiger partial charge in [-0.1, -0.05) is 0 Å². The number of nitrogens with one attached hydrogen (secondary N) is 2. The lowest BCUT2D eigenvalue weighted by atomic mass is 10.3. The number of likely N-dealkylation sites (N-methyl/N-ethyl adjacent to an activating group) is 1. The molecule has 2 N–H and O–H groups in total. The number of unbranched alkanes of at least 4 members (excludes halogenated alkanes) is 1. The van der Waals surface area contributed by atoms with Crippen molar-refractivity contribution in [2.45, 2.75) is 46.1 Å². The molecule has 0 fully saturated rings. The molecule has 7 nitrogen and oxygen atoms in total. The molecule has 8 heteroatoms. The highest BCUT2D eigenvalue weighted by Crippen LogP contribution is 1.93. The Morgan fingerprint density at radius 3 is 2.28 bits per heavy atom. The first-order valence-corrected chi connectivity index (χ1v) is 8.89. The molecule has 0 aromatic carbocycles. The molecule has 0 spiro atoms. The van der Waals surface area contributed by atoms with E-state index < -0.39 is 0 Å². The summed E-state index contributed by atoms with van der Waals surface area (Å²) in [5, 5.41) is 6.50. The molecule has 0 saturated heterocycles. The third kappa shape index (κ3) is 18.0. The van der Waals surface area contributed by atoms with E-state index in [1.807, 2.05) is 20.8 Å². The maximum atomic E-state index is 11.7. The van der Waals surface area contributed by atoms with Gasteiger partial charge in [0.05, 0.1) is 6.10 Å². The fourth-order valence-corrected chi connectivity index (χ4v) is 1.74. The predicted molar refractivity (Wildman–Crippen MR) is 114 cm³/mol. The van der Waals surface area contributed by atoms with Crippen LogP contribution in [0.3, 0.4) is 0 Å². The molecule has 0 radical (unpaired) electrons. The second-order valence-corrected chi connectivity index (χ2v) is 5.98. The molecule has 0 saturated carbocycles. The monoisotopic (exact) mass is 472 g/mol. The van der Waals surface area contributed by atoms with Crippen LogP contribution in [0.5, 0.6) is 0 Å². The fourth-order valence-electron chi connectivity index (χ4n) is 1.74. The van der Waals surface area contributed by atoms with Crippen LogP contribution in [0.25, 0.3) is 0 Å². The molecule has 0 bridgehead atoms. The van der Waals surface area contributed by atoms with Crippen LogP contribution in [0.4, 0.5) is 0 Å². The van der Waals surface area contributed by atoms with Gasteiger partial charge < -0.3 is 25.0 Å². The maximum absolute atomic E-state index is 11.7. The van der Waals surface area contributed by atoms with Crippen LogP contribution in [0.1, 0.15) is 40.0 Å². The molecular formula is C17H37IN4O3. The van der Waals surface area contributed by atoms with Gasteiger partial charge in [0, 0.05) is 47.0 Å². The lowest BCUT2D eigenvalue weighted by molar-refractivity contribution is -0.127. The predicted octanol–water partition coefficient (Wildman–Crippen LogP) is 1.86. The Balaban J connectivity index is 0. The summed E-state index contributed by atoms with van der Waals surface area (Å²) in [6.07, 6.45) is 3.17. The van der Waals surface area contributed by atoms with Crippen LogP contribution < -0.4 is 10.6 Å². The first kappa shape index (κ1) is 26.6. The Morgan fingerprint density at radius 1 is 1.08 bits per heavy atom. The van der Waals surface area contributed by atoms with Crippen LogP contribution in [-0.2, 0) is 14.3 Å². The topological polar surface area (TPSA) is 75.2 Å². The van der Waals surface area contributed by atoms with E-state index in [2.05, 4.69) is 15.6 Å². The van der Waals surface area contributed by atoms with Crippen molar-refractivity contribution in [3.63, 3.8) is 0 Å². The largest absolute Gasteiger partial charge is 0.382 e. The summed E-state index contributed by atoms with van der Waals surface area (Å²) in [5.74, 6) is 0.655. The van der Waals surface area contributed by atoms with Gasteiger partial charge >= 0.3 is 0 Å². The normalized spacial score (nSPS) is 11.2. The van der Waals surface area contributed by atoms with Gasteiger partial charge in [-0.05, 0) is 40.0 Å². The Kier molecular flexibility index (Phi) is 19.4. The number of carbonyl (C=O) groups excluding carboxylic acids is 1. The molecule has 0 aliphatic rings. The minimum Gasteiger partial charge on any atom is -0.382 e. The van der Waals surface area contributed by atoms with Gasteiger partial charge in [-0.3, -0.25) is 4.79 Å². The number of rotatable bonds is 13. The average Bonchev–Trinajstić information content (AvgIpc) is 2.53. The SMILES string of the molecule is CCOCCCNC(=NCC(=O)N(C)C)NCCCCOC(C)C.I. The minimum atomic E-state index is -0.0178. The van der Waals surface area contributed by atoms with E-state index >= 15 is 0 Å². The van der Waals surface area contributed by atoms with Crippen molar-refractivity contribution in [3.05, 3.63) is 0 Å². The number of hydrogen-bond acceptors (Lipinski definition) is 4. The number of guanidine groups is 1. The van der Waals surface area contributed by atoms with Crippen LogP contribution in [0.15, 0.2) is 4.99 Å². The molecule has 0 aromatic heterocycles. The van der Waals surface area contributed by atoms with Crippen molar-refractivity contribution in [2.75, 3.05) is 53.6 Å². The minimum absolute atomic E-state index is 0. The number of halogens is 1. The third-order valence-corrected chi connectivity index (χ3v) is 3.15. The summed E-state index contributed by atoms with van der Waals surface area (Å²) < 4.78 is 10.8. The highest BCUT2D eigenvalue weighted by atomic mass is 127. The van der Waals surface area contributed by atoms with E-state index in [0.717, 1.165) is 52.2 Å².